The van der Waals surface area contributed by atoms with Gasteiger partial charge in [0.25, 0.3) is 0 Å². The van der Waals surface area contributed by atoms with Gasteiger partial charge in [-0.05, 0) is 39.2 Å². The van der Waals surface area contributed by atoms with Gasteiger partial charge in [0.2, 0.25) is 0 Å². The quantitative estimate of drug-likeness (QED) is 0.683. The average Bonchev–Trinajstić information content (AvgIpc) is 2.02. The maximum absolute atomic E-state index is 5.25. The standard InChI is InChI=1S/C10H19NO/c1-10(2,3)11-7-9-5-4-6-12-8-9/h8,11H,4-7H2,1-3H3. The first kappa shape index (κ1) is 9.59. The van der Waals surface area contributed by atoms with Crippen molar-refractivity contribution in [1.82, 2.24) is 5.32 Å². The summed E-state index contributed by atoms with van der Waals surface area (Å²) in [5.41, 5.74) is 1.59. The Kier molecular flexibility index (Phi) is 3.15. The van der Waals surface area contributed by atoms with Gasteiger partial charge in [0.15, 0.2) is 0 Å². The van der Waals surface area contributed by atoms with Crippen LogP contribution in [-0.2, 0) is 4.74 Å². The van der Waals surface area contributed by atoms with E-state index in [4.69, 9.17) is 4.74 Å². The highest BCUT2D eigenvalue weighted by Crippen LogP contribution is 2.11. The Hall–Kier alpha value is -0.500. The van der Waals surface area contributed by atoms with Gasteiger partial charge >= 0.3 is 0 Å². The Balaban J connectivity index is 2.26. The van der Waals surface area contributed by atoms with Gasteiger partial charge < -0.3 is 10.1 Å². The van der Waals surface area contributed by atoms with Crippen molar-refractivity contribution in [1.29, 1.82) is 0 Å². The lowest BCUT2D eigenvalue weighted by molar-refractivity contribution is 0.222. The lowest BCUT2D eigenvalue weighted by atomic mass is 10.1. The van der Waals surface area contributed by atoms with Crippen LogP contribution in [0.3, 0.4) is 0 Å². The van der Waals surface area contributed by atoms with Crippen molar-refractivity contribution in [2.45, 2.75) is 39.2 Å². The predicted octanol–water partition coefficient (Wildman–Crippen LogP) is 2.07. The Morgan fingerprint density at radius 3 is 2.75 bits per heavy atom. The summed E-state index contributed by atoms with van der Waals surface area (Å²) in [6.07, 6.45) is 4.25. The average molecular weight is 169 g/mol. The normalized spacial score (nSPS) is 18.4. The van der Waals surface area contributed by atoms with Crippen molar-refractivity contribution in [3.8, 4) is 0 Å². The van der Waals surface area contributed by atoms with Gasteiger partial charge in [0, 0.05) is 12.1 Å². The molecule has 1 aliphatic rings. The lowest BCUT2D eigenvalue weighted by Gasteiger charge is -2.22. The molecule has 0 saturated heterocycles. The molecule has 0 radical (unpaired) electrons. The summed E-state index contributed by atoms with van der Waals surface area (Å²) in [6, 6.07) is 0. The fourth-order valence-electron chi connectivity index (χ4n) is 1.13. The Labute approximate surface area is 75.0 Å². The number of hydrogen-bond donors (Lipinski definition) is 1. The molecule has 1 aliphatic heterocycles. The summed E-state index contributed by atoms with van der Waals surface area (Å²) in [7, 11) is 0. The molecule has 0 atom stereocenters. The zero-order valence-electron chi connectivity index (χ0n) is 8.31. The SMILES string of the molecule is CC(C)(C)NCC1=COCCC1. The zero-order chi connectivity index (χ0) is 9.03. The number of nitrogens with one attached hydrogen (secondary N) is 1. The molecule has 2 heteroatoms. The maximum Gasteiger partial charge on any atom is 0.0876 e. The molecule has 1 heterocycles. The van der Waals surface area contributed by atoms with E-state index in [9.17, 15) is 0 Å². The molecule has 12 heavy (non-hydrogen) atoms. The van der Waals surface area contributed by atoms with Gasteiger partial charge in [0.05, 0.1) is 12.9 Å². The third kappa shape index (κ3) is 3.77. The first-order valence-electron chi connectivity index (χ1n) is 4.62. The highest BCUT2D eigenvalue weighted by molar-refractivity contribution is 5.03. The molecule has 0 aromatic rings. The second-order valence-electron chi connectivity index (χ2n) is 4.35. The molecule has 1 rings (SSSR count). The minimum absolute atomic E-state index is 0.207. The van der Waals surface area contributed by atoms with Crippen molar-refractivity contribution in [3.63, 3.8) is 0 Å². The van der Waals surface area contributed by atoms with Crippen LogP contribution in [0.25, 0.3) is 0 Å². The van der Waals surface area contributed by atoms with Gasteiger partial charge in [-0.15, -0.1) is 0 Å². The van der Waals surface area contributed by atoms with Gasteiger partial charge in [-0.25, -0.2) is 0 Å². The van der Waals surface area contributed by atoms with E-state index in [0.717, 1.165) is 19.6 Å². The predicted molar refractivity (Wildman–Crippen MR) is 51.0 cm³/mol. The van der Waals surface area contributed by atoms with Gasteiger partial charge in [-0.1, -0.05) is 0 Å². The number of ether oxygens (including phenoxy) is 1. The van der Waals surface area contributed by atoms with Gasteiger partial charge in [0.1, 0.15) is 0 Å². The van der Waals surface area contributed by atoms with E-state index >= 15 is 0 Å². The van der Waals surface area contributed by atoms with Crippen molar-refractivity contribution >= 4 is 0 Å². The molecule has 0 saturated carbocycles. The topological polar surface area (TPSA) is 21.3 Å². The monoisotopic (exact) mass is 169 g/mol. The summed E-state index contributed by atoms with van der Waals surface area (Å²) in [4.78, 5) is 0. The molecule has 2 nitrogen and oxygen atoms in total. The number of hydrogen-bond acceptors (Lipinski definition) is 2. The minimum atomic E-state index is 0.207. The molecule has 0 unspecified atom stereocenters. The molecule has 0 spiro atoms. The highest BCUT2D eigenvalue weighted by Gasteiger charge is 2.10. The molecular formula is C10H19NO. The first-order valence-corrected chi connectivity index (χ1v) is 4.62. The smallest absolute Gasteiger partial charge is 0.0876 e. The fraction of sp³-hybridized carbons (Fsp3) is 0.800. The molecule has 1 N–H and O–H groups in total. The van der Waals surface area contributed by atoms with E-state index < -0.39 is 0 Å². The summed E-state index contributed by atoms with van der Waals surface area (Å²) >= 11 is 0. The van der Waals surface area contributed by atoms with Crippen molar-refractivity contribution in [3.05, 3.63) is 11.8 Å². The Bertz CT molecular complexity index is 167. The summed E-state index contributed by atoms with van der Waals surface area (Å²) < 4.78 is 5.25. The molecule has 0 aliphatic carbocycles. The molecule has 0 fully saturated rings. The van der Waals surface area contributed by atoms with Crippen LogP contribution >= 0.6 is 0 Å². The fourth-order valence-corrected chi connectivity index (χ4v) is 1.13. The Morgan fingerprint density at radius 1 is 1.50 bits per heavy atom. The zero-order valence-corrected chi connectivity index (χ0v) is 8.31. The van der Waals surface area contributed by atoms with E-state index in [1.54, 1.807) is 0 Å². The van der Waals surface area contributed by atoms with Gasteiger partial charge in [-0.3, -0.25) is 0 Å². The number of rotatable bonds is 2. The summed E-state index contributed by atoms with van der Waals surface area (Å²) in [6.45, 7) is 8.38. The lowest BCUT2D eigenvalue weighted by Crippen LogP contribution is -2.37. The molecule has 0 aromatic heterocycles. The third-order valence-corrected chi connectivity index (χ3v) is 1.86. The van der Waals surface area contributed by atoms with Gasteiger partial charge in [-0.2, -0.15) is 0 Å². The van der Waals surface area contributed by atoms with E-state index in [1.807, 2.05) is 6.26 Å². The minimum Gasteiger partial charge on any atom is -0.501 e. The third-order valence-electron chi connectivity index (χ3n) is 1.86. The van der Waals surface area contributed by atoms with Crippen LogP contribution in [0.2, 0.25) is 0 Å². The Morgan fingerprint density at radius 2 is 2.25 bits per heavy atom. The molecular weight excluding hydrogens is 150 g/mol. The van der Waals surface area contributed by atoms with Crippen molar-refractivity contribution < 1.29 is 4.74 Å². The van der Waals surface area contributed by atoms with Crippen LogP contribution in [0.5, 0.6) is 0 Å². The van der Waals surface area contributed by atoms with E-state index in [2.05, 4.69) is 26.1 Å². The van der Waals surface area contributed by atoms with Crippen LogP contribution in [0, 0.1) is 0 Å². The van der Waals surface area contributed by atoms with E-state index in [1.165, 1.54) is 12.0 Å². The van der Waals surface area contributed by atoms with Crippen LogP contribution < -0.4 is 5.32 Å². The van der Waals surface area contributed by atoms with E-state index in [0.29, 0.717) is 0 Å². The maximum atomic E-state index is 5.25. The van der Waals surface area contributed by atoms with Crippen LogP contribution in [0.4, 0.5) is 0 Å². The molecule has 0 amide bonds. The second kappa shape index (κ2) is 3.94. The molecule has 0 aromatic carbocycles. The van der Waals surface area contributed by atoms with Crippen LogP contribution in [0.15, 0.2) is 11.8 Å². The molecule has 0 bridgehead atoms. The van der Waals surface area contributed by atoms with E-state index in [-0.39, 0.29) is 5.54 Å². The van der Waals surface area contributed by atoms with Crippen LogP contribution in [-0.4, -0.2) is 18.7 Å². The summed E-state index contributed by atoms with van der Waals surface area (Å²) in [5.74, 6) is 0. The molecule has 70 valence electrons. The largest absolute Gasteiger partial charge is 0.501 e. The second-order valence-corrected chi connectivity index (χ2v) is 4.35. The summed E-state index contributed by atoms with van der Waals surface area (Å²) in [5, 5.41) is 3.44. The highest BCUT2D eigenvalue weighted by atomic mass is 16.5. The van der Waals surface area contributed by atoms with Crippen LogP contribution in [0.1, 0.15) is 33.6 Å². The van der Waals surface area contributed by atoms with Crippen molar-refractivity contribution in [2.75, 3.05) is 13.2 Å². The first-order chi connectivity index (χ1) is 5.58. The van der Waals surface area contributed by atoms with Crippen molar-refractivity contribution in [2.24, 2.45) is 0 Å².